The Kier molecular flexibility index (Phi) is 5.19. The van der Waals surface area contributed by atoms with Crippen LogP contribution in [0, 0.1) is 6.92 Å². The van der Waals surface area contributed by atoms with Gasteiger partial charge in [0.25, 0.3) is 0 Å². The molecule has 1 aromatic rings. The molecule has 0 spiro atoms. The summed E-state index contributed by atoms with van der Waals surface area (Å²) >= 11 is 3.41. The molecule has 0 radical (unpaired) electrons. The van der Waals surface area contributed by atoms with Crippen molar-refractivity contribution in [2.75, 3.05) is 13.2 Å². The standard InChI is InChI=1S/C11H16BrO3P/c1-4-14-16(13,15-5-2)11-8-6-7-10(12)9(11)3/h6-8H,4-5H2,1-3H3. The Labute approximate surface area is 105 Å². The van der Waals surface area contributed by atoms with Gasteiger partial charge in [0.15, 0.2) is 0 Å². The smallest absolute Gasteiger partial charge is 0.305 e. The van der Waals surface area contributed by atoms with Crippen molar-refractivity contribution in [1.29, 1.82) is 0 Å². The van der Waals surface area contributed by atoms with E-state index < -0.39 is 7.60 Å². The topological polar surface area (TPSA) is 35.5 Å². The summed E-state index contributed by atoms with van der Waals surface area (Å²) in [6, 6.07) is 5.52. The van der Waals surface area contributed by atoms with Crippen LogP contribution in [0.1, 0.15) is 19.4 Å². The van der Waals surface area contributed by atoms with Crippen LogP contribution in [0.25, 0.3) is 0 Å². The second-order valence-electron chi connectivity index (χ2n) is 3.22. The summed E-state index contributed by atoms with van der Waals surface area (Å²) in [5.41, 5.74) is 0.896. The highest BCUT2D eigenvalue weighted by molar-refractivity contribution is 9.10. The Morgan fingerprint density at radius 2 is 1.81 bits per heavy atom. The third kappa shape index (κ3) is 2.95. The summed E-state index contributed by atoms with van der Waals surface area (Å²) in [7, 11) is -3.17. The molecule has 0 aliphatic heterocycles. The largest absolute Gasteiger partial charge is 0.361 e. The van der Waals surface area contributed by atoms with Gasteiger partial charge in [-0.2, -0.15) is 0 Å². The monoisotopic (exact) mass is 306 g/mol. The lowest BCUT2D eigenvalue weighted by atomic mass is 10.2. The summed E-state index contributed by atoms with van der Waals surface area (Å²) in [5, 5.41) is 0.630. The molecule has 5 heteroatoms. The summed E-state index contributed by atoms with van der Waals surface area (Å²) in [6.45, 7) is 6.23. The second-order valence-corrected chi connectivity index (χ2v) is 6.06. The fourth-order valence-electron chi connectivity index (χ4n) is 1.41. The minimum absolute atomic E-state index is 0.364. The first-order chi connectivity index (χ1) is 7.55. The van der Waals surface area contributed by atoms with E-state index in [0.717, 1.165) is 10.0 Å². The van der Waals surface area contributed by atoms with Crippen molar-refractivity contribution in [3.05, 3.63) is 28.2 Å². The van der Waals surface area contributed by atoms with E-state index in [1.54, 1.807) is 19.9 Å². The fourth-order valence-corrected chi connectivity index (χ4v) is 3.76. The van der Waals surface area contributed by atoms with E-state index in [1.807, 2.05) is 19.1 Å². The lowest BCUT2D eigenvalue weighted by Crippen LogP contribution is -2.14. The molecule has 0 saturated heterocycles. The van der Waals surface area contributed by atoms with Crippen LogP contribution in [0.3, 0.4) is 0 Å². The van der Waals surface area contributed by atoms with Crippen molar-refractivity contribution in [1.82, 2.24) is 0 Å². The van der Waals surface area contributed by atoms with Crippen LogP contribution in [-0.4, -0.2) is 13.2 Å². The molecule has 1 rings (SSSR count). The molecule has 0 amide bonds. The Balaban J connectivity index is 3.21. The SMILES string of the molecule is CCOP(=O)(OCC)c1cccc(Br)c1C. The summed E-state index contributed by atoms with van der Waals surface area (Å²) in [6.07, 6.45) is 0. The minimum Gasteiger partial charge on any atom is -0.305 e. The molecule has 0 saturated carbocycles. The van der Waals surface area contributed by atoms with Crippen molar-refractivity contribution in [2.24, 2.45) is 0 Å². The van der Waals surface area contributed by atoms with Gasteiger partial charge in [-0.25, -0.2) is 0 Å². The molecule has 0 bridgehead atoms. The fraction of sp³-hybridized carbons (Fsp3) is 0.455. The van der Waals surface area contributed by atoms with Crippen molar-refractivity contribution < 1.29 is 13.6 Å². The van der Waals surface area contributed by atoms with E-state index in [9.17, 15) is 4.57 Å². The van der Waals surface area contributed by atoms with Gasteiger partial charge in [-0.05, 0) is 38.5 Å². The Morgan fingerprint density at radius 1 is 1.25 bits per heavy atom. The molecule has 0 aromatic heterocycles. The second kappa shape index (κ2) is 5.97. The van der Waals surface area contributed by atoms with Crippen LogP contribution in [0.4, 0.5) is 0 Å². The van der Waals surface area contributed by atoms with E-state index in [-0.39, 0.29) is 0 Å². The third-order valence-electron chi connectivity index (χ3n) is 2.13. The number of rotatable bonds is 5. The van der Waals surface area contributed by atoms with Gasteiger partial charge in [-0.3, -0.25) is 4.57 Å². The van der Waals surface area contributed by atoms with Gasteiger partial charge in [0.05, 0.1) is 18.5 Å². The van der Waals surface area contributed by atoms with Crippen molar-refractivity contribution >= 4 is 28.8 Å². The first-order valence-electron chi connectivity index (χ1n) is 5.20. The molecule has 0 unspecified atom stereocenters. The van der Waals surface area contributed by atoms with E-state index in [0.29, 0.717) is 18.5 Å². The van der Waals surface area contributed by atoms with Crippen LogP contribution < -0.4 is 5.30 Å². The van der Waals surface area contributed by atoms with Gasteiger partial charge in [0.1, 0.15) is 0 Å². The number of benzene rings is 1. The molecule has 1 aromatic carbocycles. The van der Waals surface area contributed by atoms with Crippen molar-refractivity contribution in [2.45, 2.75) is 20.8 Å². The van der Waals surface area contributed by atoms with Crippen LogP contribution in [-0.2, 0) is 13.6 Å². The molecule has 16 heavy (non-hydrogen) atoms. The van der Waals surface area contributed by atoms with E-state index in [2.05, 4.69) is 15.9 Å². The van der Waals surface area contributed by atoms with Gasteiger partial charge in [0, 0.05) is 4.47 Å². The maximum Gasteiger partial charge on any atom is 0.361 e. The summed E-state index contributed by atoms with van der Waals surface area (Å²) < 4.78 is 24.0. The van der Waals surface area contributed by atoms with Gasteiger partial charge < -0.3 is 9.05 Å². The molecule has 0 atom stereocenters. The number of hydrogen-bond acceptors (Lipinski definition) is 3. The quantitative estimate of drug-likeness (QED) is 0.779. The zero-order valence-corrected chi connectivity index (χ0v) is 12.2. The van der Waals surface area contributed by atoms with Crippen molar-refractivity contribution in [3.63, 3.8) is 0 Å². The van der Waals surface area contributed by atoms with E-state index in [1.165, 1.54) is 0 Å². The Bertz CT molecular complexity index is 396. The highest BCUT2D eigenvalue weighted by atomic mass is 79.9. The van der Waals surface area contributed by atoms with Crippen LogP contribution >= 0.6 is 23.5 Å². The zero-order chi connectivity index (χ0) is 12.2. The Morgan fingerprint density at radius 3 is 2.31 bits per heavy atom. The van der Waals surface area contributed by atoms with Crippen molar-refractivity contribution in [3.8, 4) is 0 Å². The maximum absolute atomic E-state index is 12.5. The van der Waals surface area contributed by atoms with Gasteiger partial charge >= 0.3 is 7.60 Å². The first kappa shape index (κ1) is 13.9. The number of hydrogen-bond donors (Lipinski definition) is 0. The zero-order valence-electron chi connectivity index (χ0n) is 9.70. The molecule has 0 N–H and O–H groups in total. The average molecular weight is 307 g/mol. The van der Waals surface area contributed by atoms with E-state index >= 15 is 0 Å². The van der Waals surface area contributed by atoms with Crippen LogP contribution in [0.2, 0.25) is 0 Å². The highest BCUT2D eigenvalue weighted by Gasteiger charge is 2.28. The molecular formula is C11H16BrO3P. The lowest BCUT2D eigenvalue weighted by molar-refractivity contribution is 0.230. The first-order valence-corrected chi connectivity index (χ1v) is 7.53. The number of halogens is 1. The van der Waals surface area contributed by atoms with Crippen LogP contribution in [0.15, 0.2) is 22.7 Å². The maximum atomic E-state index is 12.5. The minimum atomic E-state index is -3.17. The van der Waals surface area contributed by atoms with Gasteiger partial charge in [-0.1, -0.05) is 22.0 Å². The normalized spacial score (nSPS) is 11.8. The molecule has 3 nitrogen and oxygen atoms in total. The van der Waals surface area contributed by atoms with Gasteiger partial charge in [0.2, 0.25) is 0 Å². The van der Waals surface area contributed by atoms with Gasteiger partial charge in [-0.15, -0.1) is 0 Å². The highest BCUT2D eigenvalue weighted by Crippen LogP contribution is 2.48. The summed E-state index contributed by atoms with van der Waals surface area (Å²) in [4.78, 5) is 0. The third-order valence-corrected chi connectivity index (χ3v) is 5.26. The molecule has 0 heterocycles. The lowest BCUT2D eigenvalue weighted by Gasteiger charge is -2.19. The predicted molar refractivity (Wildman–Crippen MR) is 69.4 cm³/mol. The average Bonchev–Trinajstić information content (AvgIpc) is 2.22. The van der Waals surface area contributed by atoms with E-state index in [4.69, 9.17) is 9.05 Å². The molecule has 0 aliphatic carbocycles. The summed E-state index contributed by atoms with van der Waals surface area (Å²) in [5.74, 6) is 0. The predicted octanol–water partition coefficient (Wildman–Crippen LogP) is 3.65. The molecular weight excluding hydrogens is 291 g/mol. The molecule has 0 aliphatic rings. The Hall–Kier alpha value is -0.150. The molecule has 0 fully saturated rings. The van der Waals surface area contributed by atoms with Crippen LogP contribution in [0.5, 0.6) is 0 Å². The molecule has 90 valence electrons.